The summed E-state index contributed by atoms with van der Waals surface area (Å²) in [6.45, 7) is -0.187. The largest absolute Gasteiger partial charge is 0.416 e. The smallest absolute Gasteiger partial charge is 0.353 e. The lowest BCUT2D eigenvalue weighted by Gasteiger charge is -2.31. The first-order valence-electron chi connectivity index (χ1n) is 9.85. The summed E-state index contributed by atoms with van der Waals surface area (Å²) >= 11 is 1.18. The Labute approximate surface area is 185 Å². The molecule has 1 saturated carbocycles. The van der Waals surface area contributed by atoms with E-state index in [1.54, 1.807) is 17.5 Å². The molecule has 0 bridgehead atoms. The summed E-state index contributed by atoms with van der Waals surface area (Å²) < 4.78 is 39.9. The van der Waals surface area contributed by atoms with Crippen molar-refractivity contribution >= 4 is 34.8 Å². The summed E-state index contributed by atoms with van der Waals surface area (Å²) in [4.78, 5) is 42.5. The van der Waals surface area contributed by atoms with Crippen molar-refractivity contribution in [3.63, 3.8) is 0 Å². The Balaban J connectivity index is 1.97. The molecular weight excluding hydrogens is 449 g/mol. The van der Waals surface area contributed by atoms with Crippen LogP contribution < -0.4 is 10.2 Å². The molecule has 7 nitrogen and oxygen atoms in total. The number of carbonyl (C=O) groups excluding carboxylic acids is 3. The Hall–Kier alpha value is -2.92. The number of rotatable bonds is 9. The van der Waals surface area contributed by atoms with Gasteiger partial charge < -0.3 is 10.2 Å². The molecule has 172 valence electrons. The van der Waals surface area contributed by atoms with Crippen LogP contribution >= 0.6 is 11.3 Å². The van der Waals surface area contributed by atoms with Crippen LogP contribution in [-0.2, 0) is 25.4 Å². The van der Waals surface area contributed by atoms with Crippen LogP contribution in [0.1, 0.15) is 42.2 Å². The van der Waals surface area contributed by atoms with Crippen molar-refractivity contribution in [3.05, 3.63) is 52.2 Å². The Morgan fingerprint density at radius 3 is 2.56 bits per heavy atom. The second-order valence-corrected chi connectivity index (χ2v) is 8.36. The molecule has 0 saturated heterocycles. The normalized spacial score (nSPS) is 14.5. The maximum absolute atomic E-state index is 13.3. The number of nitrogens with zero attached hydrogens (tertiary/aromatic N) is 1. The SMILES string of the molecule is O=C(CCNC(=O)C(c1cccs1)N(C(=O)CC1CC1)c1cccc(C(F)(F)F)c1)OO. The molecule has 1 aliphatic carbocycles. The zero-order valence-corrected chi connectivity index (χ0v) is 17.6. The number of carbonyl (C=O) groups is 3. The first kappa shape index (κ1) is 23.7. The predicted octanol–water partition coefficient (Wildman–Crippen LogP) is 4.16. The molecule has 2 N–H and O–H groups in total. The van der Waals surface area contributed by atoms with Gasteiger partial charge in [-0.2, -0.15) is 18.4 Å². The summed E-state index contributed by atoms with van der Waals surface area (Å²) in [5.41, 5.74) is -0.982. The molecule has 1 aliphatic rings. The van der Waals surface area contributed by atoms with Crippen molar-refractivity contribution in [1.29, 1.82) is 0 Å². The van der Waals surface area contributed by atoms with Gasteiger partial charge in [0.2, 0.25) is 11.8 Å². The number of amides is 2. The van der Waals surface area contributed by atoms with Crippen LogP contribution in [0.25, 0.3) is 0 Å². The fourth-order valence-electron chi connectivity index (χ4n) is 3.19. The van der Waals surface area contributed by atoms with E-state index < -0.39 is 35.6 Å². The summed E-state index contributed by atoms with van der Waals surface area (Å²) in [7, 11) is 0. The van der Waals surface area contributed by atoms with Gasteiger partial charge in [0.1, 0.15) is 6.04 Å². The zero-order chi connectivity index (χ0) is 23.3. The van der Waals surface area contributed by atoms with Crippen LogP contribution in [0.2, 0.25) is 0 Å². The van der Waals surface area contributed by atoms with E-state index >= 15 is 0 Å². The van der Waals surface area contributed by atoms with Crippen LogP contribution in [0.5, 0.6) is 0 Å². The molecule has 1 unspecified atom stereocenters. The number of hydrogen-bond acceptors (Lipinski definition) is 6. The van der Waals surface area contributed by atoms with E-state index in [0.717, 1.165) is 29.9 Å². The van der Waals surface area contributed by atoms with Gasteiger partial charge in [0.05, 0.1) is 12.0 Å². The number of anilines is 1. The molecule has 11 heteroatoms. The Kier molecular flexibility index (Phi) is 7.52. The lowest BCUT2D eigenvalue weighted by molar-refractivity contribution is -0.234. The highest BCUT2D eigenvalue weighted by atomic mass is 32.1. The fourth-order valence-corrected chi connectivity index (χ4v) is 4.00. The molecule has 2 aromatic rings. The highest BCUT2D eigenvalue weighted by Crippen LogP contribution is 2.38. The third-order valence-electron chi connectivity index (χ3n) is 4.93. The molecule has 2 amide bonds. The van der Waals surface area contributed by atoms with Crippen molar-refractivity contribution in [2.45, 2.75) is 37.9 Å². The monoisotopic (exact) mass is 470 g/mol. The van der Waals surface area contributed by atoms with Crippen molar-refractivity contribution in [3.8, 4) is 0 Å². The minimum Gasteiger partial charge on any atom is -0.353 e. The molecule has 1 aromatic carbocycles. The molecule has 0 radical (unpaired) electrons. The lowest BCUT2D eigenvalue weighted by atomic mass is 10.1. The van der Waals surface area contributed by atoms with E-state index in [1.807, 2.05) is 0 Å². The van der Waals surface area contributed by atoms with Gasteiger partial charge in [-0.25, -0.2) is 4.79 Å². The summed E-state index contributed by atoms with van der Waals surface area (Å²) in [6.07, 6.45) is -3.13. The fraction of sp³-hybridized carbons (Fsp3) is 0.381. The number of thiophene rings is 1. The Morgan fingerprint density at radius 1 is 1.22 bits per heavy atom. The first-order valence-corrected chi connectivity index (χ1v) is 10.7. The van der Waals surface area contributed by atoms with Crippen LogP contribution in [-0.4, -0.2) is 29.6 Å². The van der Waals surface area contributed by atoms with Gasteiger partial charge in [0.15, 0.2) is 0 Å². The molecule has 32 heavy (non-hydrogen) atoms. The summed E-state index contributed by atoms with van der Waals surface area (Å²) in [5, 5.41) is 12.5. The average Bonchev–Trinajstić information content (AvgIpc) is 3.40. The molecular formula is C21H21F3N2O5S. The number of nitrogens with one attached hydrogen (secondary N) is 1. The quantitative estimate of drug-likeness (QED) is 0.424. The van der Waals surface area contributed by atoms with Gasteiger partial charge in [-0.05, 0) is 48.4 Å². The topological polar surface area (TPSA) is 95.9 Å². The molecule has 1 heterocycles. The minimum absolute atomic E-state index is 0.0474. The van der Waals surface area contributed by atoms with Gasteiger partial charge >= 0.3 is 12.1 Å². The minimum atomic E-state index is -4.62. The van der Waals surface area contributed by atoms with E-state index in [2.05, 4.69) is 10.2 Å². The molecule has 1 atom stereocenters. The van der Waals surface area contributed by atoms with E-state index in [-0.39, 0.29) is 31.0 Å². The van der Waals surface area contributed by atoms with Gasteiger partial charge in [-0.15, -0.1) is 11.3 Å². The molecule has 1 aromatic heterocycles. The first-order chi connectivity index (χ1) is 15.2. The lowest BCUT2D eigenvalue weighted by Crippen LogP contribution is -2.44. The number of alkyl halides is 3. The van der Waals surface area contributed by atoms with E-state index in [9.17, 15) is 27.6 Å². The Morgan fingerprint density at radius 2 is 1.97 bits per heavy atom. The standard InChI is InChI=1S/C21H21F3N2O5S/c22-21(23,24)14-3-1-4-15(12-14)26(17(27)11-13-6-7-13)19(16-5-2-10-32-16)20(29)25-9-8-18(28)31-30/h1-5,10,12-13,19,30H,6-9,11H2,(H,25,29). The average molecular weight is 470 g/mol. The maximum Gasteiger partial charge on any atom is 0.416 e. The van der Waals surface area contributed by atoms with Crippen molar-refractivity contribution < 1.29 is 37.7 Å². The van der Waals surface area contributed by atoms with Gasteiger partial charge in [-0.3, -0.25) is 14.5 Å². The van der Waals surface area contributed by atoms with E-state index in [4.69, 9.17) is 5.26 Å². The second-order valence-electron chi connectivity index (χ2n) is 7.38. The highest BCUT2D eigenvalue weighted by Gasteiger charge is 2.37. The molecule has 1 fully saturated rings. The third-order valence-corrected chi connectivity index (χ3v) is 5.85. The number of hydrogen-bond donors (Lipinski definition) is 2. The van der Waals surface area contributed by atoms with Gasteiger partial charge in [-0.1, -0.05) is 12.1 Å². The van der Waals surface area contributed by atoms with Gasteiger partial charge in [0.25, 0.3) is 0 Å². The van der Waals surface area contributed by atoms with Crippen molar-refractivity contribution in [1.82, 2.24) is 5.32 Å². The van der Waals surface area contributed by atoms with Crippen LogP contribution in [0.15, 0.2) is 41.8 Å². The molecule has 3 rings (SSSR count). The summed E-state index contributed by atoms with van der Waals surface area (Å²) in [5.74, 6) is -1.95. The van der Waals surface area contributed by atoms with Crippen molar-refractivity contribution in [2.75, 3.05) is 11.4 Å². The summed E-state index contributed by atoms with van der Waals surface area (Å²) in [6, 6.07) is 6.35. The van der Waals surface area contributed by atoms with E-state index in [1.165, 1.54) is 23.5 Å². The van der Waals surface area contributed by atoms with E-state index in [0.29, 0.717) is 4.88 Å². The van der Waals surface area contributed by atoms with Crippen LogP contribution in [0.3, 0.4) is 0 Å². The molecule has 0 aliphatic heterocycles. The molecule has 0 spiro atoms. The van der Waals surface area contributed by atoms with Crippen LogP contribution in [0, 0.1) is 5.92 Å². The maximum atomic E-state index is 13.3. The predicted molar refractivity (Wildman–Crippen MR) is 110 cm³/mol. The Bertz CT molecular complexity index is 961. The number of benzene rings is 1. The van der Waals surface area contributed by atoms with Crippen LogP contribution in [0.4, 0.5) is 18.9 Å². The zero-order valence-electron chi connectivity index (χ0n) is 16.8. The third kappa shape index (κ3) is 6.07. The second kappa shape index (κ2) is 10.1. The van der Waals surface area contributed by atoms with Gasteiger partial charge in [0, 0.05) is 23.5 Å². The highest BCUT2D eigenvalue weighted by molar-refractivity contribution is 7.10. The van der Waals surface area contributed by atoms with Crippen molar-refractivity contribution in [2.24, 2.45) is 5.92 Å². The number of halogens is 3.